The number of amides is 1. The highest BCUT2D eigenvalue weighted by molar-refractivity contribution is 5.90. The van der Waals surface area contributed by atoms with Crippen molar-refractivity contribution in [1.29, 1.82) is 0 Å². The van der Waals surface area contributed by atoms with Gasteiger partial charge in [0, 0.05) is 31.2 Å². The molecular formula is C15H23N3O. The largest absolute Gasteiger partial charge is 0.326 e. The van der Waals surface area contributed by atoms with Gasteiger partial charge in [0.15, 0.2) is 0 Å². The molecular weight excluding hydrogens is 238 g/mol. The number of anilines is 1. The molecule has 1 fully saturated rings. The molecule has 0 aromatic heterocycles. The molecule has 2 rings (SSSR count). The smallest absolute Gasteiger partial charge is 0.225 e. The lowest BCUT2D eigenvalue weighted by molar-refractivity contribution is -0.116. The van der Waals surface area contributed by atoms with E-state index in [1.807, 2.05) is 24.3 Å². The quantitative estimate of drug-likeness (QED) is 0.789. The molecule has 0 bridgehead atoms. The van der Waals surface area contributed by atoms with Crippen molar-refractivity contribution >= 4 is 11.6 Å². The van der Waals surface area contributed by atoms with Crippen molar-refractivity contribution in [3.8, 4) is 0 Å². The SMILES string of the molecule is CCN(CCC(=O)Nc1cccc(CN)c1)C1CC1. The van der Waals surface area contributed by atoms with Crippen LogP contribution in [0.5, 0.6) is 0 Å². The second kappa shape index (κ2) is 6.68. The van der Waals surface area contributed by atoms with Crippen LogP contribution in [0.4, 0.5) is 5.69 Å². The Hall–Kier alpha value is -1.39. The van der Waals surface area contributed by atoms with Crippen LogP contribution in [0, 0.1) is 0 Å². The Bertz CT molecular complexity index is 429. The standard InChI is InChI=1S/C15H23N3O/c1-2-18(14-6-7-14)9-8-15(19)17-13-5-3-4-12(10-13)11-16/h3-5,10,14H,2,6-9,11,16H2,1H3,(H,17,19). The third-order valence-corrected chi connectivity index (χ3v) is 3.54. The summed E-state index contributed by atoms with van der Waals surface area (Å²) in [6, 6.07) is 8.42. The van der Waals surface area contributed by atoms with Crippen LogP contribution < -0.4 is 11.1 Å². The molecule has 1 aliphatic carbocycles. The maximum Gasteiger partial charge on any atom is 0.225 e. The van der Waals surface area contributed by atoms with Gasteiger partial charge in [-0.2, -0.15) is 0 Å². The van der Waals surface area contributed by atoms with Gasteiger partial charge in [-0.25, -0.2) is 0 Å². The first-order chi connectivity index (χ1) is 9.22. The first-order valence-electron chi connectivity index (χ1n) is 7.06. The average molecular weight is 261 g/mol. The van der Waals surface area contributed by atoms with Crippen LogP contribution in [0.2, 0.25) is 0 Å². The van der Waals surface area contributed by atoms with Crippen LogP contribution in [0.25, 0.3) is 0 Å². The van der Waals surface area contributed by atoms with E-state index in [4.69, 9.17) is 5.73 Å². The van der Waals surface area contributed by atoms with Crippen LogP contribution in [0.3, 0.4) is 0 Å². The molecule has 4 heteroatoms. The van der Waals surface area contributed by atoms with Gasteiger partial charge in [0.1, 0.15) is 0 Å². The Balaban J connectivity index is 1.79. The Kier molecular flexibility index (Phi) is 4.93. The monoisotopic (exact) mass is 261 g/mol. The number of nitrogens with two attached hydrogens (primary N) is 1. The van der Waals surface area contributed by atoms with Gasteiger partial charge in [-0.3, -0.25) is 4.79 Å². The van der Waals surface area contributed by atoms with Gasteiger partial charge in [-0.1, -0.05) is 19.1 Å². The van der Waals surface area contributed by atoms with Gasteiger partial charge < -0.3 is 16.0 Å². The van der Waals surface area contributed by atoms with E-state index < -0.39 is 0 Å². The van der Waals surface area contributed by atoms with Crippen molar-refractivity contribution in [1.82, 2.24) is 4.90 Å². The normalized spacial score (nSPS) is 14.7. The van der Waals surface area contributed by atoms with E-state index in [9.17, 15) is 4.79 Å². The molecule has 0 atom stereocenters. The van der Waals surface area contributed by atoms with Crippen molar-refractivity contribution < 1.29 is 4.79 Å². The molecule has 1 amide bonds. The molecule has 0 radical (unpaired) electrons. The molecule has 1 aromatic rings. The molecule has 19 heavy (non-hydrogen) atoms. The summed E-state index contributed by atoms with van der Waals surface area (Å²) in [6.45, 7) is 4.53. The zero-order valence-corrected chi connectivity index (χ0v) is 11.6. The summed E-state index contributed by atoms with van der Waals surface area (Å²) in [6.07, 6.45) is 3.12. The third-order valence-electron chi connectivity index (χ3n) is 3.54. The molecule has 3 N–H and O–H groups in total. The van der Waals surface area contributed by atoms with Crippen molar-refractivity contribution in [2.45, 2.75) is 38.8 Å². The molecule has 0 aliphatic heterocycles. The summed E-state index contributed by atoms with van der Waals surface area (Å²) in [4.78, 5) is 14.3. The Morgan fingerprint density at radius 2 is 2.26 bits per heavy atom. The Morgan fingerprint density at radius 3 is 2.89 bits per heavy atom. The van der Waals surface area contributed by atoms with Crippen molar-refractivity contribution in [2.75, 3.05) is 18.4 Å². The zero-order valence-electron chi connectivity index (χ0n) is 11.6. The lowest BCUT2D eigenvalue weighted by Crippen LogP contribution is -2.29. The number of hydrogen-bond donors (Lipinski definition) is 2. The predicted octanol–water partition coefficient (Wildman–Crippen LogP) is 1.96. The number of carbonyl (C=O) groups is 1. The summed E-state index contributed by atoms with van der Waals surface area (Å²) in [5.74, 6) is 0.0771. The maximum absolute atomic E-state index is 11.9. The zero-order chi connectivity index (χ0) is 13.7. The molecule has 1 aliphatic rings. The Morgan fingerprint density at radius 1 is 1.47 bits per heavy atom. The van der Waals surface area contributed by atoms with Gasteiger partial charge in [-0.15, -0.1) is 0 Å². The molecule has 4 nitrogen and oxygen atoms in total. The fraction of sp³-hybridized carbons (Fsp3) is 0.533. The minimum absolute atomic E-state index is 0.0771. The van der Waals surface area contributed by atoms with Crippen LogP contribution >= 0.6 is 0 Å². The van der Waals surface area contributed by atoms with E-state index in [-0.39, 0.29) is 5.91 Å². The van der Waals surface area contributed by atoms with Gasteiger partial charge >= 0.3 is 0 Å². The second-order valence-electron chi connectivity index (χ2n) is 5.06. The minimum atomic E-state index is 0.0771. The summed E-state index contributed by atoms with van der Waals surface area (Å²) in [5, 5.41) is 2.93. The van der Waals surface area contributed by atoms with Crippen molar-refractivity contribution in [2.24, 2.45) is 5.73 Å². The number of carbonyl (C=O) groups excluding carboxylic acids is 1. The number of benzene rings is 1. The third kappa shape index (κ3) is 4.33. The lowest BCUT2D eigenvalue weighted by atomic mass is 10.2. The number of nitrogens with zero attached hydrogens (tertiary/aromatic N) is 1. The molecule has 104 valence electrons. The first kappa shape index (κ1) is 14.0. The first-order valence-corrected chi connectivity index (χ1v) is 7.06. The fourth-order valence-corrected chi connectivity index (χ4v) is 2.28. The maximum atomic E-state index is 11.9. The number of hydrogen-bond acceptors (Lipinski definition) is 3. The van der Waals surface area contributed by atoms with Gasteiger partial charge in [0.05, 0.1) is 0 Å². The molecule has 0 unspecified atom stereocenters. The summed E-state index contributed by atoms with van der Waals surface area (Å²) >= 11 is 0. The van der Waals surface area contributed by atoms with E-state index in [1.54, 1.807) is 0 Å². The highest BCUT2D eigenvalue weighted by Gasteiger charge is 2.27. The van der Waals surface area contributed by atoms with E-state index in [0.29, 0.717) is 13.0 Å². The van der Waals surface area contributed by atoms with E-state index in [1.165, 1.54) is 12.8 Å². The summed E-state index contributed by atoms with van der Waals surface area (Å²) < 4.78 is 0. The van der Waals surface area contributed by atoms with E-state index in [2.05, 4.69) is 17.1 Å². The van der Waals surface area contributed by atoms with Crippen LogP contribution in [0.15, 0.2) is 24.3 Å². The van der Waals surface area contributed by atoms with Gasteiger partial charge in [-0.05, 0) is 37.1 Å². The summed E-state index contributed by atoms with van der Waals surface area (Å²) in [5.41, 5.74) is 7.46. The molecule has 0 saturated heterocycles. The second-order valence-corrected chi connectivity index (χ2v) is 5.06. The molecule has 1 saturated carbocycles. The number of nitrogens with one attached hydrogen (secondary N) is 1. The fourth-order valence-electron chi connectivity index (χ4n) is 2.28. The highest BCUT2D eigenvalue weighted by Crippen LogP contribution is 2.26. The molecule has 0 heterocycles. The van der Waals surface area contributed by atoms with Gasteiger partial charge in [0.2, 0.25) is 5.91 Å². The minimum Gasteiger partial charge on any atom is -0.326 e. The van der Waals surface area contributed by atoms with E-state index >= 15 is 0 Å². The summed E-state index contributed by atoms with van der Waals surface area (Å²) in [7, 11) is 0. The van der Waals surface area contributed by atoms with Crippen molar-refractivity contribution in [3.05, 3.63) is 29.8 Å². The van der Waals surface area contributed by atoms with Crippen LogP contribution in [-0.4, -0.2) is 29.9 Å². The number of rotatable bonds is 7. The molecule has 0 spiro atoms. The van der Waals surface area contributed by atoms with Gasteiger partial charge in [0.25, 0.3) is 0 Å². The average Bonchev–Trinajstić information content (AvgIpc) is 3.24. The topological polar surface area (TPSA) is 58.4 Å². The highest BCUT2D eigenvalue weighted by atomic mass is 16.1. The Labute approximate surface area is 115 Å². The lowest BCUT2D eigenvalue weighted by Gasteiger charge is -2.19. The molecule has 1 aromatic carbocycles. The predicted molar refractivity (Wildman–Crippen MR) is 77.8 cm³/mol. The van der Waals surface area contributed by atoms with E-state index in [0.717, 1.165) is 30.4 Å². The van der Waals surface area contributed by atoms with Crippen LogP contribution in [-0.2, 0) is 11.3 Å². The van der Waals surface area contributed by atoms with Crippen LogP contribution in [0.1, 0.15) is 31.7 Å². The van der Waals surface area contributed by atoms with Crippen molar-refractivity contribution in [3.63, 3.8) is 0 Å².